The Balaban J connectivity index is 1.34. The van der Waals surface area contributed by atoms with E-state index in [4.69, 9.17) is 0 Å². The van der Waals surface area contributed by atoms with Crippen LogP contribution in [0.5, 0.6) is 0 Å². The maximum Gasteiger partial charge on any atom is 0.321 e. The summed E-state index contributed by atoms with van der Waals surface area (Å²) in [6.45, 7) is 4.82. The Morgan fingerprint density at radius 2 is 1.89 bits per heavy atom. The Morgan fingerprint density at radius 3 is 2.56 bits per heavy atom. The van der Waals surface area contributed by atoms with Crippen LogP contribution in [0, 0.1) is 6.92 Å². The maximum absolute atomic E-state index is 12.5. The van der Waals surface area contributed by atoms with Gasteiger partial charge in [0.2, 0.25) is 0 Å². The van der Waals surface area contributed by atoms with Gasteiger partial charge in [0.05, 0.1) is 4.88 Å². The van der Waals surface area contributed by atoms with Crippen LogP contribution >= 0.6 is 11.3 Å². The van der Waals surface area contributed by atoms with Crippen molar-refractivity contribution in [2.75, 3.05) is 36.4 Å². The van der Waals surface area contributed by atoms with Gasteiger partial charge in [0.25, 0.3) is 0 Å². The predicted molar refractivity (Wildman–Crippen MR) is 109 cm³/mol. The van der Waals surface area contributed by atoms with Gasteiger partial charge in [-0.1, -0.05) is 18.2 Å². The van der Waals surface area contributed by atoms with Gasteiger partial charge in [-0.15, -0.1) is 21.5 Å². The van der Waals surface area contributed by atoms with Crippen molar-refractivity contribution >= 4 is 28.9 Å². The van der Waals surface area contributed by atoms with Gasteiger partial charge in [0.15, 0.2) is 5.82 Å². The summed E-state index contributed by atoms with van der Waals surface area (Å²) in [6.07, 6.45) is 0. The van der Waals surface area contributed by atoms with E-state index < -0.39 is 0 Å². The van der Waals surface area contributed by atoms with Crippen molar-refractivity contribution in [1.29, 1.82) is 0 Å². The molecule has 2 aromatic heterocycles. The molecule has 0 radical (unpaired) electrons. The molecule has 138 valence electrons. The Hall–Kier alpha value is -2.93. The minimum atomic E-state index is -0.0561. The number of rotatable bonds is 3. The zero-order chi connectivity index (χ0) is 18.6. The second-order valence-corrected chi connectivity index (χ2v) is 7.48. The normalized spacial score (nSPS) is 14.3. The first kappa shape index (κ1) is 17.5. The average Bonchev–Trinajstić information content (AvgIpc) is 3.23. The number of nitrogens with zero attached hydrogens (tertiary/aromatic N) is 4. The Labute approximate surface area is 162 Å². The van der Waals surface area contributed by atoms with E-state index in [1.54, 1.807) is 11.3 Å². The third-order valence-electron chi connectivity index (χ3n) is 4.58. The lowest BCUT2D eigenvalue weighted by molar-refractivity contribution is 0.208. The number of aromatic nitrogens is 2. The standard InChI is InChI=1S/C20H21N5OS/c1-15-4-2-5-16(14-15)21-20(26)25-11-9-24(10-12-25)19-8-7-17(22-23-19)18-6-3-13-27-18/h2-8,13-14H,9-12H2,1H3,(H,21,26). The van der Waals surface area contributed by atoms with Crippen LogP contribution in [-0.4, -0.2) is 47.3 Å². The molecule has 1 saturated heterocycles. The van der Waals surface area contributed by atoms with E-state index in [2.05, 4.69) is 20.4 Å². The van der Waals surface area contributed by atoms with Crippen LogP contribution in [-0.2, 0) is 0 Å². The van der Waals surface area contributed by atoms with Crippen LogP contribution in [0.2, 0.25) is 0 Å². The highest BCUT2D eigenvalue weighted by molar-refractivity contribution is 7.13. The number of thiophene rings is 1. The first-order valence-electron chi connectivity index (χ1n) is 8.94. The van der Waals surface area contributed by atoms with Crippen molar-refractivity contribution in [1.82, 2.24) is 15.1 Å². The molecule has 1 fully saturated rings. The number of nitrogens with one attached hydrogen (secondary N) is 1. The Bertz CT molecular complexity index is 902. The molecule has 0 atom stereocenters. The lowest BCUT2D eigenvalue weighted by atomic mass is 10.2. The number of amides is 2. The largest absolute Gasteiger partial charge is 0.352 e. The van der Waals surface area contributed by atoms with Gasteiger partial charge in [0.1, 0.15) is 5.69 Å². The molecule has 3 aromatic rings. The van der Waals surface area contributed by atoms with E-state index in [1.165, 1.54) is 0 Å². The minimum absolute atomic E-state index is 0.0561. The topological polar surface area (TPSA) is 61.4 Å². The van der Waals surface area contributed by atoms with Crippen LogP contribution in [0.4, 0.5) is 16.3 Å². The number of urea groups is 1. The number of hydrogen-bond donors (Lipinski definition) is 1. The molecule has 6 nitrogen and oxygen atoms in total. The first-order valence-corrected chi connectivity index (χ1v) is 9.82. The van der Waals surface area contributed by atoms with Crippen LogP contribution < -0.4 is 10.2 Å². The van der Waals surface area contributed by atoms with E-state index in [0.29, 0.717) is 13.1 Å². The van der Waals surface area contributed by atoms with Crippen LogP contribution in [0.15, 0.2) is 53.9 Å². The quantitative estimate of drug-likeness (QED) is 0.750. The van der Waals surface area contributed by atoms with E-state index in [1.807, 2.05) is 65.7 Å². The molecular weight excluding hydrogens is 358 g/mol. The predicted octanol–water partition coefficient (Wildman–Crippen LogP) is 3.87. The summed E-state index contributed by atoms with van der Waals surface area (Å²) < 4.78 is 0. The molecule has 3 heterocycles. The number of carbonyl (C=O) groups excluding carboxylic acids is 1. The molecule has 7 heteroatoms. The third kappa shape index (κ3) is 4.09. The number of hydrogen-bond acceptors (Lipinski definition) is 5. The molecule has 1 aliphatic rings. The summed E-state index contributed by atoms with van der Waals surface area (Å²) in [4.78, 5) is 17.6. The van der Waals surface area contributed by atoms with E-state index >= 15 is 0 Å². The SMILES string of the molecule is Cc1cccc(NC(=O)N2CCN(c3ccc(-c4cccs4)nn3)CC2)c1. The Kier molecular flexibility index (Phi) is 5.02. The summed E-state index contributed by atoms with van der Waals surface area (Å²) >= 11 is 1.66. The lowest BCUT2D eigenvalue weighted by Gasteiger charge is -2.35. The molecule has 27 heavy (non-hydrogen) atoms. The molecule has 1 aromatic carbocycles. The molecular formula is C20H21N5OS. The molecule has 1 aliphatic heterocycles. The molecule has 0 saturated carbocycles. The fraction of sp³-hybridized carbons (Fsp3) is 0.250. The van der Waals surface area contributed by atoms with Crippen molar-refractivity contribution in [2.24, 2.45) is 0 Å². The van der Waals surface area contributed by atoms with Crippen molar-refractivity contribution in [3.05, 3.63) is 59.5 Å². The summed E-state index contributed by atoms with van der Waals surface area (Å²) in [7, 11) is 0. The number of piperazine rings is 1. The van der Waals surface area contributed by atoms with Crippen LogP contribution in [0.25, 0.3) is 10.6 Å². The van der Waals surface area contributed by atoms with E-state index in [-0.39, 0.29) is 6.03 Å². The lowest BCUT2D eigenvalue weighted by Crippen LogP contribution is -2.50. The number of anilines is 2. The molecule has 0 aliphatic carbocycles. The first-order chi connectivity index (χ1) is 13.2. The summed E-state index contributed by atoms with van der Waals surface area (Å²) in [5.74, 6) is 0.856. The molecule has 2 amide bonds. The Morgan fingerprint density at radius 1 is 1.04 bits per heavy atom. The van der Waals surface area contributed by atoms with Crippen molar-refractivity contribution in [3.63, 3.8) is 0 Å². The van der Waals surface area contributed by atoms with Gasteiger partial charge >= 0.3 is 6.03 Å². The average molecular weight is 379 g/mol. The molecule has 0 bridgehead atoms. The van der Waals surface area contributed by atoms with Crippen molar-refractivity contribution < 1.29 is 4.79 Å². The fourth-order valence-electron chi connectivity index (χ4n) is 3.11. The summed E-state index contributed by atoms with van der Waals surface area (Å²) in [5, 5.41) is 13.7. The number of carbonyl (C=O) groups is 1. The fourth-order valence-corrected chi connectivity index (χ4v) is 3.80. The number of benzene rings is 1. The highest BCUT2D eigenvalue weighted by atomic mass is 32.1. The van der Waals surface area contributed by atoms with Gasteiger partial charge in [-0.05, 0) is 48.2 Å². The van der Waals surface area contributed by atoms with Gasteiger partial charge in [-0.2, -0.15) is 0 Å². The molecule has 1 N–H and O–H groups in total. The second kappa shape index (κ2) is 7.75. The minimum Gasteiger partial charge on any atom is -0.352 e. The summed E-state index contributed by atoms with van der Waals surface area (Å²) in [5.41, 5.74) is 2.85. The number of aryl methyl sites for hydroxylation is 1. The molecule has 0 spiro atoms. The van der Waals surface area contributed by atoms with Gasteiger partial charge in [-0.25, -0.2) is 4.79 Å². The zero-order valence-corrected chi connectivity index (χ0v) is 15.9. The van der Waals surface area contributed by atoms with Crippen molar-refractivity contribution in [3.8, 4) is 10.6 Å². The zero-order valence-electron chi connectivity index (χ0n) is 15.1. The third-order valence-corrected chi connectivity index (χ3v) is 5.48. The monoisotopic (exact) mass is 379 g/mol. The molecule has 0 unspecified atom stereocenters. The second-order valence-electron chi connectivity index (χ2n) is 6.53. The van der Waals surface area contributed by atoms with Gasteiger partial charge in [-0.3, -0.25) is 0 Å². The maximum atomic E-state index is 12.5. The van der Waals surface area contributed by atoms with Crippen molar-refractivity contribution in [2.45, 2.75) is 6.92 Å². The van der Waals surface area contributed by atoms with E-state index in [9.17, 15) is 4.79 Å². The highest BCUT2D eigenvalue weighted by Crippen LogP contribution is 2.23. The summed E-state index contributed by atoms with van der Waals surface area (Å²) in [6, 6.07) is 15.8. The smallest absolute Gasteiger partial charge is 0.321 e. The van der Waals surface area contributed by atoms with Gasteiger partial charge < -0.3 is 15.1 Å². The highest BCUT2D eigenvalue weighted by Gasteiger charge is 2.22. The molecule has 4 rings (SSSR count). The van der Waals surface area contributed by atoms with Gasteiger partial charge in [0, 0.05) is 31.9 Å². The van der Waals surface area contributed by atoms with Crippen LogP contribution in [0.1, 0.15) is 5.56 Å². The van der Waals surface area contributed by atoms with Crippen LogP contribution in [0.3, 0.4) is 0 Å². The van der Waals surface area contributed by atoms with E-state index in [0.717, 1.165) is 40.7 Å².